The Morgan fingerprint density at radius 1 is 0.879 bits per heavy atom. The molecule has 2 aromatic rings. The lowest BCUT2D eigenvalue weighted by atomic mass is 9.63. The van der Waals surface area contributed by atoms with Gasteiger partial charge in [-0.2, -0.15) is 8.78 Å². The van der Waals surface area contributed by atoms with Crippen LogP contribution in [0, 0.1) is 29.4 Å². The second-order valence-corrected chi connectivity index (χ2v) is 9.97. The highest BCUT2D eigenvalue weighted by Gasteiger charge is 2.36. The van der Waals surface area contributed by atoms with E-state index in [0.29, 0.717) is 11.5 Å². The van der Waals surface area contributed by atoms with Crippen LogP contribution in [0.4, 0.5) is 17.6 Å². The standard InChI is InChI=1S/C28H34F4O/c1-2-3-4-5-18-6-7-21-15-22(9-8-20(21)14-18)23-16-25(29)27(26(30)17-23)19-10-12-24(13-11-19)33-28(31)32/h10-13,16-18,20-22,28H,2-9,14-15H2,1H3. The molecular weight excluding hydrogens is 428 g/mol. The monoisotopic (exact) mass is 462 g/mol. The van der Waals surface area contributed by atoms with Crippen molar-refractivity contribution in [1.29, 1.82) is 0 Å². The van der Waals surface area contributed by atoms with Gasteiger partial charge >= 0.3 is 6.61 Å². The third-order valence-corrected chi connectivity index (χ3v) is 7.84. The summed E-state index contributed by atoms with van der Waals surface area (Å²) in [5.41, 5.74) is 0.932. The Balaban J connectivity index is 1.42. The number of hydrogen-bond acceptors (Lipinski definition) is 1. The van der Waals surface area contributed by atoms with Gasteiger partial charge in [0, 0.05) is 0 Å². The zero-order valence-electron chi connectivity index (χ0n) is 19.3. The smallest absolute Gasteiger partial charge is 0.387 e. The quantitative estimate of drug-likeness (QED) is 0.281. The summed E-state index contributed by atoms with van der Waals surface area (Å²) < 4.78 is 59.0. The molecule has 0 radical (unpaired) electrons. The molecule has 0 bridgehead atoms. The lowest BCUT2D eigenvalue weighted by Crippen LogP contribution is -2.30. The third kappa shape index (κ3) is 5.91. The average molecular weight is 463 g/mol. The van der Waals surface area contributed by atoms with Gasteiger partial charge in [-0.25, -0.2) is 8.78 Å². The fourth-order valence-corrected chi connectivity index (χ4v) is 6.14. The number of alkyl halides is 2. The van der Waals surface area contributed by atoms with E-state index in [1.54, 1.807) is 0 Å². The van der Waals surface area contributed by atoms with Gasteiger partial charge in [-0.3, -0.25) is 0 Å². The molecular formula is C28H34F4O. The summed E-state index contributed by atoms with van der Waals surface area (Å²) in [6, 6.07) is 8.36. The van der Waals surface area contributed by atoms with E-state index in [4.69, 9.17) is 0 Å². The maximum atomic E-state index is 15.0. The van der Waals surface area contributed by atoms with Crippen molar-refractivity contribution in [3.05, 3.63) is 53.6 Å². The van der Waals surface area contributed by atoms with Gasteiger partial charge in [0.15, 0.2) is 0 Å². The highest BCUT2D eigenvalue weighted by Crippen LogP contribution is 2.49. The molecule has 0 saturated heterocycles. The molecule has 4 unspecified atom stereocenters. The maximum Gasteiger partial charge on any atom is 0.387 e. The van der Waals surface area contributed by atoms with Gasteiger partial charge in [0.1, 0.15) is 17.4 Å². The Hall–Kier alpha value is -2.04. The van der Waals surface area contributed by atoms with Crippen LogP contribution in [0.3, 0.4) is 0 Å². The van der Waals surface area contributed by atoms with Crippen LogP contribution in [0.1, 0.15) is 82.6 Å². The SMILES string of the molecule is CCCCCC1CCC2CC(c3cc(F)c(-c4ccc(OC(F)F)cc4)c(F)c3)CCC2C1. The molecule has 0 N–H and O–H groups in total. The fourth-order valence-electron chi connectivity index (χ4n) is 6.14. The Kier molecular flexibility index (Phi) is 7.98. The zero-order chi connectivity index (χ0) is 23.4. The topological polar surface area (TPSA) is 9.23 Å². The minimum absolute atomic E-state index is 0.0389. The van der Waals surface area contributed by atoms with Gasteiger partial charge in [0.05, 0.1) is 5.56 Å². The molecule has 2 aliphatic carbocycles. The van der Waals surface area contributed by atoms with E-state index in [2.05, 4.69) is 11.7 Å². The summed E-state index contributed by atoms with van der Waals surface area (Å²) in [6.07, 6.45) is 12.3. The fraction of sp³-hybridized carbons (Fsp3) is 0.571. The van der Waals surface area contributed by atoms with E-state index in [1.807, 2.05) is 0 Å². The van der Waals surface area contributed by atoms with Crippen LogP contribution in [0.2, 0.25) is 0 Å². The van der Waals surface area contributed by atoms with Crippen molar-refractivity contribution in [1.82, 2.24) is 0 Å². The number of rotatable bonds is 8. The van der Waals surface area contributed by atoms with Crippen molar-refractivity contribution in [2.75, 3.05) is 0 Å². The van der Waals surface area contributed by atoms with Crippen molar-refractivity contribution in [2.24, 2.45) is 17.8 Å². The van der Waals surface area contributed by atoms with Gasteiger partial charge in [-0.05, 0) is 91.2 Å². The van der Waals surface area contributed by atoms with Crippen LogP contribution in [-0.2, 0) is 0 Å². The average Bonchev–Trinajstić information content (AvgIpc) is 2.79. The molecule has 4 rings (SSSR count). The van der Waals surface area contributed by atoms with Crippen molar-refractivity contribution in [3.8, 4) is 16.9 Å². The first-order valence-corrected chi connectivity index (χ1v) is 12.5. The van der Waals surface area contributed by atoms with E-state index < -0.39 is 18.2 Å². The molecule has 4 atom stereocenters. The predicted molar refractivity (Wildman–Crippen MR) is 123 cm³/mol. The summed E-state index contributed by atoms with van der Waals surface area (Å²) in [6.45, 7) is -0.687. The normalized spacial score (nSPS) is 25.2. The Morgan fingerprint density at radius 3 is 2.21 bits per heavy atom. The van der Waals surface area contributed by atoms with Gasteiger partial charge in [0.2, 0.25) is 0 Å². The van der Waals surface area contributed by atoms with Gasteiger partial charge in [-0.1, -0.05) is 51.2 Å². The Morgan fingerprint density at radius 2 is 1.55 bits per heavy atom. The first-order chi connectivity index (χ1) is 15.9. The van der Waals surface area contributed by atoms with Crippen LogP contribution >= 0.6 is 0 Å². The second-order valence-electron chi connectivity index (χ2n) is 9.97. The number of ether oxygens (including phenoxy) is 1. The van der Waals surface area contributed by atoms with E-state index in [1.165, 1.54) is 81.3 Å². The number of hydrogen-bond donors (Lipinski definition) is 0. The molecule has 0 spiro atoms. The van der Waals surface area contributed by atoms with Gasteiger partial charge < -0.3 is 4.74 Å². The molecule has 0 heterocycles. The van der Waals surface area contributed by atoms with Crippen molar-refractivity contribution in [2.45, 2.75) is 83.7 Å². The molecule has 0 aromatic heterocycles. The molecule has 2 aromatic carbocycles. The highest BCUT2D eigenvalue weighted by molar-refractivity contribution is 5.66. The summed E-state index contributed by atoms with van der Waals surface area (Å²) in [7, 11) is 0. The molecule has 5 heteroatoms. The van der Waals surface area contributed by atoms with Crippen molar-refractivity contribution < 1.29 is 22.3 Å². The third-order valence-electron chi connectivity index (χ3n) is 7.84. The molecule has 2 fully saturated rings. The molecule has 0 amide bonds. The van der Waals surface area contributed by atoms with Crippen LogP contribution in [-0.4, -0.2) is 6.61 Å². The lowest BCUT2D eigenvalue weighted by molar-refractivity contribution is -0.0498. The first-order valence-electron chi connectivity index (χ1n) is 12.5. The van der Waals surface area contributed by atoms with Crippen LogP contribution in [0.15, 0.2) is 36.4 Å². The molecule has 180 valence electrons. The minimum atomic E-state index is -2.94. The number of fused-ring (bicyclic) bond motifs is 1. The molecule has 1 nitrogen and oxygen atoms in total. The van der Waals surface area contributed by atoms with Crippen LogP contribution in [0.5, 0.6) is 5.75 Å². The first kappa shape index (κ1) is 24.1. The Bertz CT molecular complexity index is 888. The van der Waals surface area contributed by atoms with E-state index in [0.717, 1.165) is 36.7 Å². The highest BCUT2D eigenvalue weighted by atomic mass is 19.3. The van der Waals surface area contributed by atoms with Crippen molar-refractivity contribution in [3.63, 3.8) is 0 Å². The van der Waals surface area contributed by atoms with E-state index in [-0.39, 0.29) is 17.2 Å². The van der Waals surface area contributed by atoms with E-state index >= 15 is 8.78 Å². The van der Waals surface area contributed by atoms with Crippen LogP contribution in [0.25, 0.3) is 11.1 Å². The molecule has 2 saturated carbocycles. The number of unbranched alkanes of at least 4 members (excludes halogenated alkanes) is 2. The summed E-state index contributed by atoms with van der Waals surface area (Å²) >= 11 is 0. The number of halogens is 4. The van der Waals surface area contributed by atoms with Gasteiger partial charge in [0.25, 0.3) is 0 Å². The second kappa shape index (κ2) is 10.9. The maximum absolute atomic E-state index is 15.0. The summed E-state index contributed by atoms with van der Waals surface area (Å²) in [5.74, 6) is 1.25. The summed E-state index contributed by atoms with van der Waals surface area (Å²) in [4.78, 5) is 0. The Labute approximate surface area is 194 Å². The largest absolute Gasteiger partial charge is 0.435 e. The molecule has 0 aliphatic heterocycles. The lowest BCUT2D eigenvalue weighted by Gasteiger charge is -2.42. The molecule has 2 aliphatic rings. The van der Waals surface area contributed by atoms with Crippen molar-refractivity contribution >= 4 is 0 Å². The van der Waals surface area contributed by atoms with Crippen LogP contribution < -0.4 is 4.74 Å². The van der Waals surface area contributed by atoms with Gasteiger partial charge in [-0.15, -0.1) is 0 Å². The van der Waals surface area contributed by atoms with E-state index in [9.17, 15) is 8.78 Å². The number of benzene rings is 2. The zero-order valence-corrected chi connectivity index (χ0v) is 19.3. The minimum Gasteiger partial charge on any atom is -0.435 e. The predicted octanol–water partition coefficient (Wildman–Crippen LogP) is 9.11. The molecule has 33 heavy (non-hydrogen) atoms. The summed E-state index contributed by atoms with van der Waals surface area (Å²) in [5, 5.41) is 0.